The molecule has 0 aliphatic carbocycles. The fraction of sp³-hybridized carbons (Fsp3) is 0.923. The third-order valence-corrected chi connectivity index (χ3v) is 4.11. The second-order valence-electron chi connectivity index (χ2n) is 5.29. The SMILES string of the molecule is O=CCN1CCN(CCC2CCNCC2)CC1. The van der Waals surface area contributed by atoms with Gasteiger partial charge in [-0.25, -0.2) is 0 Å². The van der Waals surface area contributed by atoms with Gasteiger partial charge in [0.05, 0.1) is 6.54 Å². The van der Waals surface area contributed by atoms with Gasteiger partial charge in [0, 0.05) is 26.2 Å². The third-order valence-electron chi connectivity index (χ3n) is 4.11. The van der Waals surface area contributed by atoms with Gasteiger partial charge in [-0.2, -0.15) is 0 Å². The average molecular weight is 239 g/mol. The van der Waals surface area contributed by atoms with E-state index in [1.807, 2.05) is 0 Å². The molecule has 4 heteroatoms. The van der Waals surface area contributed by atoms with Crippen molar-refractivity contribution in [1.82, 2.24) is 15.1 Å². The molecule has 0 atom stereocenters. The first-order valence-electron chi connectivity index (χ1n) is 6.97. The van der Waals surface area contributed by atoms with Crippen LogP contribution in [0.2, 0.25) is 0 Å². The fourth-order valence-corrected chi connectivity index (χ4v) is 2.84. The topological polar surface area (TPSA) is 35.6 Å². The number of carbonyl (C=O) groups is 1. The van der Waals surface area contributed by atoms with Crippen LogP contribution in [0.15, 0.2) is 0 Å². The first-order valence-corrected chi connectivity index (χ1v) is 6.97. The minimum atomic E-state index is 0.613. The summed E-state index contributed by atoms with van der Waals surface area (Å²) in [6.07, 6.45) is 5.08. The number of nitrogens with zero attached hydrogens (tertiary/aromatic N) is 2. The molecule has 0 unspecified atom stereocenters. The van der Waals surface area contributed by atoms with Crippen molar-refractivity contribution in [2.24, 2.45) is 5.92 Å². The summed E-state index contributed by atoms with van der Waals surface area (Å²) in [7, 11) is 0. The van der Waals surface area contributed by atoms with E-state index in [1.54, 1.807) is 0 Å². The summed E-state index contributed by atoms with van der Waals surface area (Å²) in [4.78, 5) is 15.2. The smallest absolute Gasteiger partial charge is 0.133 e. The van der Waals surface area contributed by atoms with Crippen LogP contribution in [-0.2, 0) is 4.79 Å². The van der Waals surface area contributed by atoms with Crippen LogP contribution in [0.25, 0.3) is 0 Å². The zero-order chi connectivity index (χ0) is 11.9. The van der Waals surface area contributed by atoms with Crippen molar-refractivity contribution in [3.8, 4) is 0 Å². The molecule has 2 aliphatic heterocycles. The lowest BCUT2D eigenvalue weighted by Gasteiger charge is -2.34. The van der Waals surface area contributed by atoms with Gasteiger partial charge in [0.25, 0.3) is 0 Å². The second-order valence-corrected chi connectivity index (χ2v) is 5.29. The van der Waals surface area contributed by atoms with Crippen molar-refractivity contribution in [3.05, 3.63) is 0 Å². The molecule has 1 N–H and O–H groups in total. The molecule has 0 aromatic heterocycles. The van der Waals surface area contributed by atoms with Gasteiger partial charge in [-0.1, -0.05) is 0 Å². The van der Waals surface area contributed by atoms with Crippen molar-refractivity contribution in [2.45, 2.75) is 19.3 Å². The lowest BCUT2D eigenvalue weighted by Crippen LogP contribution is -2.47. The Bertz CT molecular complexity index is 221. The van der Waals surface area contributed by atoms with E-state index in [4.69, 9.17) is 0 Å². The lowest BCUT2D eigenvalue weighted by atomic mass is 9.94. The molecule has 2 rings (SSSR count). The Labute approximate surface area is 104 Å². The maximum Gasteiger partial charge on any atom is 0.133 e. The van der Waals surface area contributed by atoms with Gasteiger partial charge >= 0.3 is 0 Å². The number of piperidine rings is 1. The Balaban J connectivity index is 1.59. The monoisotopic (exact) mass is 239 g/mol. The van der Waals surface area contributed by atoms with Gasteiger partial charge in [0.2, 0.25) is 0 Å². The average Bonchev–Trinajstić information content (AvgIpc) is 2.40. The van der Waals surface area contributed by atoms with Crippen molar-refractivity contribution in [1.29, 1.82) is 0 Å². The van der Waals surface area contributed by atoms with Crippen LogP contribution in [0.5, 0.6) is 0 Å². The van der Waals surface area contributed by atoms with Crippen molar-refractivity contribution in [3.63, 3.8) is 0 Å². The van der Waals surface area contributed by atoms with Crippen molar-refractivity contribution < 1.29 is 4.79 Å². The number of rotatable bonds is 5. The molecule has 0 bridgehead atoms. The molecule has 2 aliphatic rings. The largest absolute Gasteiger partial charge is 0.317 e. The lowest BCUT2D eigenvalue weighted by molar-refractivity contribution is -0.109. The fourth-order valence-electron chi connectivity index (χ4n) is 2.84. The van der Waals surface area contributed by atoms with Crippen LogP contribution in [0.1, 0.15) is 19.3 Å². The molecular formula is C13H25N3O. The zero-order valence-corrected chi connectivity index (χ0v) is 10.7. The van der Waals surface area contributed by atoms with Gasteiger partial charge in [-0.3, -0.25) is 4.90 Å². The third kappa shape index (κ3) is 4.37. The Morgan fingerprint density at radius 3 is 2.35 bits per heavy atom. The minimum absolute atomic E-state index is 0.613. The molecule has 2 heterocycles. The van der Waals surface area contributed by atoms with E-state index in [0.717, 1.165) is 38.4 Å². The summed E-state index contributed by atoms with van der Waals surface area (Å²) in [5, 5.41) is 3.42. The Morgan fingerprint density at radius 1 is 1.06 bits per heavy atom. The van der Waals surface area contributed by atoms with Gasteiger partial charge in [0.1, 0.15) is 6.29 Å². The molecule has 0 aromatic rings. The summed E-state index contributed by atoms with van der Waals surface area (Å²) < 4.78 is 0. The standard InChI is InChI=1S/C13H25N3O/c17-12-11-16-9-7-15(8-10-16)6-3-13-1-4-14-5-2-13/h12-14H,1-11H2. The van der Waals surface area contributed by atoms with Gasteiger partial charge < -0.3 is 15.0 Å². The number of carbonyl (C=O) groups excluding carboxylic acids is 1. The second kappa shape index (κ2) is 7.09. The summed E-state index contributed by atoms with van der Waals surface area (Å²) in [6.45, 7) is 8.67. The maximum atomic E-state index is 10.4. The maximum absolute atomic E-state index is 10.4. The van der Waals surface area contributed by atoms with Crippen LogP contribution < -0.4 is 5.32 Å². The molecule has 2 fully saturated rings. The van der Waals surface area contributed by atoms with E-state index < -0.39 is 0 Å². The Hall–Kier alpha value is -0.450. The molecule has 0 spiro atoms. The predicted octanol–water partition coefficient (Wildman–Crippen LogP) is 0.193. The van der Waals surface area contributed by atoms with Crippen LogP contribution in [-0.4, -0.2) is 68.4 Å². The molecule has 4 nitrogen and oxygen atoms in total. The normalized spacial score (nSPS) is 24.9. The van der Waals surface area contributed by atoms with E-state index >= 15 is 0 Å². The number of hydrogen-bond donors (Lipinski definition) is 1. The molecule has 17 heavy (non-hydrogen) atoms. The van der Waals surface area contributed by atoms with Crippen LogP contribution in [0, 0.1) is 5.92 Å². The summed E-state index contributed by atoms with van der Waals surface area (Å²) in [5.74, 6) is 0.934. The number of aldehydes is 1. The zero-order valence-electron chi connectivity index (χ0n) is 10.7. The quantitative estimate of drug-likeness (QED) is 0.695. The van der Waals surface area contributed by atoms with E-state index in [1.165, 1.54) is 38.9 Å². The molecular weight excluding hydrogens is 214 g/mol. The summed E-state index contributed by atoms with van der Waals surface area (Å²) in [5.41, 5.74) is 0. The Kier molecular flexibility index (Phi) is 5.42. The summed E-state index contributed by atoms with van der Waals surface area (Å²) >= 11 is 0. The van der Waals surface area contributed by atoms with Crippen molar-refractivity contribution >= 4 is 6.29 Å². The molecule has 98 valence electrons. The van der Waals surface area contributed by atoms with Crippen LogP contribution >= 0.6 is 0 Å². The Morgan fingerprint density at radius 2 is 1.71 bits per heavy atom. The summed E-state index contributed by atoms with van der Waals surface area (Å²) in [6, 6.07) is 0. The predicted molar refractivity (Wildman–Crippen MR) is 69.2 cm³/mol. The minimum Gasteiger partial charge on any atom is -0.317 e. The number of nitrogens with one attached hydrogen (secondary N) is 1. The number of piperazine rings is 1. The van der Waals surface area contributed by atoms with E-state index in [2.05, 4.69) is 15.1 Å². The van der Waals surface area contributed by atoms with E-state index in [-0.39, 0.29) is 0 Å². The molecule has 0 aromatic carbocycles. The van der Waals surface area contributed by atoms with E-state index in [9.17, 15) is 4.79 Å². The highest BCUT2D eigenvalue weighted by Gasteiger charge is 2.18. The molecule has 0 radical (unpaired) electrons. The molecule has 2 saturated heterocycles. The van der Waals surface area contributed by atoms with Crippen LogP contribution in [0.4, 0.5) is 0 Å². The van der Waals surface area contributed by atoms with E-state index in [0.29, 0.717) is 6.54 Å². The van der Waals surface area contributed by atoms with Crippen molar-refractivity contribution in [2.75, 3.05) is 52.4 Å². The highest BCUT2D eigenvalue weighted by molar-refractivity contribution is 5.51. The van der Waals surface area contributed by atoms with Crippen LogP contribution in [0.3, 0.4) is 0 Å². The number of hydrogen-bond acceptors (Lipinski definition) is 4. The molecule has 0 amide bonds. The first-order chi connectivity index (χ1) is 8.38. The molecule has 0 saturated carbocycles. The highest BCUT2D eigenvalue weighted by atomic mass is 16.1. The van der Waals surface area contributed by atoms with Gasteiger partial charge in [0.15, 0.2) is 0 Å². The van der Waals surface area contributed by atoms with Gasteiger partial charge in [-0.05, 0) is 44.8 Å². The van der Waals surface area contributed by atoms with Gasteiger partial charge in [-0.15, -0.1) is 0 Å². The highest BCUT2D eigenvalue weighted by Crippen LogP contribution is 2.16. The first kappa shape index (κ1) is 13.0.